The van der Waals surface area contributed by atoms with Crippen LogP contribution >= 0.6 is 11.3 Å². The van der Waals surface area contributed by atoms with Crippen molar-refractivity contribution in [1.82, 2.24) is 10.3 Å². The van der Waals surface area contributed by atoms with Crippen LogP contribution in [0.3, 0.4) is 0 Å². The number of hydrogen-bond donors (Lipinski definition) is 1. The second-order valence-corrected chi connectivity index (χ2v) is 5.78. The maximum absolute atomic E-state index is 11.5. The predicted molar refractivity (Wildman–Crippen MR) is 88.4 cm³/mol. The largest absolute Gasteiger partial charge is 0.493 e. The fraction of sp³-hybridized carbons (Fsp3) is 0.250. The van der Waals surface area contributed by atoms with Gasteiger partial charge in [-0.2, -0.15) is 0 Å². The smallest absolute Gasteiger partial charge is 0.262 e. The Bertz CT molecular complexity index is 737. The Hall–Kier alpha value is -2.54. The van der Waals surface area contributed by atoms with Crippen molar-refractivity contribution in [3.8, 4) is 17.2 Å². The van der Waals surface area contributed by atoms with Crippen LogP contribution in [0.5, 0.6) is 17.2 Å². The van der Waals surface area contributed by atoms with E-state index in [4.69, 9.17) is 14.2 Å². The summed E-state index contributed by atoms with van der Waals surface area (Å²) in [6, 6.07) is 3.76. The van der Waals surface area contributed by atoms with Crippen molar-refractivity contribution in [2.75, 3.05) is 27.4 Å². The molecule has 3 rings (SSSR count). The van der Waals surface area contributed by atoms with Gasteiger partial charge < -0.3 is 19.5 Å². The maximum atomic E-state index is 11.5. The summed E-state index contributed by atoms with van der Waals surface area (Å²) in [6.45, 7) is 1.03. The average molecular weight is 332 g/mol. The Balaban J connectivity index is 1.84. The zero-order valence-corrected chi connectivity index (χ0v) is 13.6. The van der Waals surface area contributed by atoms with Gasteiger partial charge in [0.15, 0.2) is 11.5 Å². The van der Waals surface area contributed by atoms with Gasteiger partial charge in [-0.1, -0.05) is 6.08 Å². The van der Waals surface area contributed by atoms with Gasteiger partial charge in [0.2, 0.25) is 5.75 Å². The Morgan fingerprint density at radius 2 is 2.17 bits per heavy atom. The number of thiazole rings is 1. The minimum Gasteiger partial charge on any atom is -0.493 e. The number of rotatable bonds is 4. The number of fused-ring (bicyclic) bond motifs is 1. The van der Waals surface area contributed by atoms with Crippen molar-refractivity contribution in [3.63, 3.8) is 0 Å². The number of ether oxygens (including phenoxy) is 3. The lowest BCUT2D eigenvalue weighted by molar-refractivity contribution is 0.0967. The molecule has 0 fully saturated rings. The van der Waals surface area contributed by atoms with Gasteiger partial charge in [-0.3, -0.25) is 4.79 Å². The second kappa shape index (κ2) is 6.70. The molecule has 2 aromatic rings. The molecule has 1 aromatic heterocycles. The van der Waals surface area contributed by atoms with Crippen LogP contribution in [-0.2, 0) is 0 Å². The normalized spacial score (nSPS) is 13.1. The topological polar surface area (TPSA) is 69.7 Å². The number of nitrogens with one attached hydrogen (secondary N) is 1. The molecular weight excluding hydrogens is 316 g/mol. The standard InChI is InChI=1S/C16H16N2O4S/c1-17-16(19)13-9-18-14(23-13)4-3-10-7-11(20-2)15-12(8-10)21-5-6-22-15/h3-4,7-9H,5-6H2,1-2H3,(H,17,19)/b4-3+. The molecule has 0 radical (unpaired) electrons. The maximum Gasteiger partial charge on any atom is 0.262 e. The molecule has 120 valence electrons. The zero-order chi connectivity index (χ0) is 16.2. The van der Waals surface area contributed by atoms with E-state index in [1.807, 2.05) is 24.3 Å². The molecule has 0 spiro atoms. The van der Waals surface area contributed by atoms with E-state index >= 15 is 0 Å². The van der Waals surface area contributed by atoms with E-state index in [9.17, 15) is 4.79 Å². The summed E-state index contributed by atoms with van der Waals surface area (Å²) in [5.74, 6) is 1.79. The summed E-state index contributed by atoms with van der Waals surface area (Å²) in [5, 5.41) is 3.33. The van der Waals surface area contributed by atoms with E-state index in [0.717, 1.165) is 10.6 Å². The molecule has 1 amide bonds. The molecule has 2 heterocycles. The fourth-order valence-electron chi connectivity index (χ4n) is 2.15. The van der Waals surface area contributed by atoms with E-state index in [1.165, 1.54) is 11.3 Å². The van der Waals surface area contributed by atoms with Gasteiger partial charge in [-0.25, -0.2) is 4.98 Å². The number of aromatic nitrogens is 1. The summed E-state index contributed by atoms with van der Waals surface area (Å²) in [5.41, 5.74) is 0.905. The highest BCUT2D eigenvalue weighted by atomic mass is 32.1. The lowest BCUT2D eigenvalue weighted by atomic mass is 10.1. The van der Waals surface area contributed by atoms with Gasteiger partial charge in [0.05, 0.1) is 13.3 Å². The van der Waals surface area contributed by atoms with Crippen LogP contribution < -0.4 is 19.5 Å². The number of amides is 1. The van der Waals surface area contributed by atoms with E-state index in [-0.39, 0.29) is 5.91 Å². The minimum absolute atomic E-state index is 0.136. The summed E-state index contributed by atoms with van der Waals surface area (Å²) in [4.78, 5) is 16.3. The molecule has 0 unspecified atom stereocenters. The molecule has 0 aliphatic carbocycles. The predicted octanol–water partition coefficient (Wildman–Crippen LogP) is 2.45. The van der Waals surface area contributed by atoms with Crippen LogP contribution in [0.1, 0.15) is 20.2 Å². The summed E-state index contributed by atoms with van der Waals surface area (Å²) < 4.78 is 16.5. The number of carbonyl (C=O) groups is 1. The van der Waals surface area contributed by atoms with Crippen molar-refractivity contribution in [2.45, 2.75) is 0 Å². The van der Waals surface area contributed by atoms with Crippen LogP contribution in [0.2, 0.25) is 0 Å². The first-order valence-electron chi connectivity index (χ1n) is 7.05. The third kappa shape index (κ3) is 3.29. The van der Waals surface area contributed by atoms with Gasteiger partial charge in [0.1, 0.15) is 23.1 Å². The van der Waals surface area contributed by atoms with Gasteiger partial charge in [-0.05, 0) is 23.8 Å². The van der Waals surface area contributed by atoms with Crippen LogP contribution in [0.4, 0.5) is 0 Å². The van der Waals surface area contributed by atoms with Crippen molar-refractivity contribution in [2.24, 2.45) is 0 Å². The quantitative estimate of drug-likeness (QED) is 0.931. The number of nitrogens with zero attached hydrogens (tertiary/aromatic N) is 1. The lowest BCUT2D eigenvalue weighted by Gasteiger charge is -2.20. The molecule has 1 N–H and O–H groups in total. The zero-order valence-electron chi connectivity index (χ0n) is 12.8. The molecule has 1 aliphatic heterocycles. The molecule has 0 atom stereocenters. The number of methoxy groups -OCH3 is 1. The second-order valence-electron chi connectivity index (χ2n) is 4.72. The van der Waals surface area contributed by atoms with Gasteiger partial charge in [0, 0.05) is 7.05 Å². The molecule has 23 heavy (non-hydrogen) atoms. The summed E-state index contributed by atoms with van der Waals surface area (Å²) in [6.07, 6.45) is 5.31. The Labute approximate surface area is 137 Å². The first-order chi connectivity index (χ1) is 11.2. The highest BCUT2D eigenvalue weighted by molar-refractivity contribution is 7.14. The Morgan fingerprint density at radius 3 is 2.96 bits per heavy atom. The molecular formula is C16H16N2O4S. The fourth-order valence-corrected chi connectivity index (χ4v) is 2.92. The van der Waals surface area contributed by atoms with E-state index in [0.29, 0.717) is 35.3 Å². The molecule has 1 aromatic carbocycles. The van der Waals surface area contributed by atoms with Crippen LogP contribution in [-0.4, -0.2) is 38.3 Å². The number of carbonyl (C=O) groups excluding carboxylic acids is 1. The van der Waals surface area contributed by atoms with Crippen LogP contribution in [0.15, 0.2) is 18.3 Å². The SMILES string of the molecule is CNC(=O)c1cnc(/C=C/c2cc(OC)c3c(c2)OCCO3)s1. The summed E-state index contributed by atoms with van der Waals surface area (Å²) in [7, 11) is 3.19. The number of benzene rings is 1. The third-order valence-corrected chi connectivity index (χ3v) is 4.20. The monoisotopic (exact) mass is 332 g/mol. The van der Waals surface area contributed by atoms with E-state index in [1.54, 1.807) is 20.4 Å². The highest BCUT2D eigenvalue weighted by Crippen LogP contribution is 2.40. The summed E-state index contributed by atoms with van der Waals surface area (Å²) >= 11 is 1.33. The van der Waals surface area contributed by atoms with E-state index < -0.39 is 0 Å². The molecule has 6 nitrogen and oxygen atoms in total. The van der Waals surface area contributed by atoms with Crippen molar-refractivity contribution >= 4 is 29.4 Å². The minimum atomic E-state index is -0.136. The molecule has 7 heteroatoms. The van der Waals surface area contributed by atoms with Crippen molar-refractivity contribution < 1.29 is 19.0 Å². The van der Waals surface area contributed by atoms with E-state index in [2.05, 4.69) is 10.3 Å². The lowest BCUT2D eigenvalue weighted by Crippen LogP contribution is -2.16. The van der Waals surface area contributed by atoms with Gasteiger partial charge in [-0.15, -0.1) is 11.3 Å². The highest BCUT2D eigenvalue weighted by Gasteiger charge is 2.17. The van der Waals surface area contributed by atoms with Crippen LogP contribution in [0, 0.1) is 0 Å². The number of hydrogen-bond acceptors (Lipinski definition) is 6. The molecule has 1 aliphatic rings. The Morgan fingerprint density at radius 1 is 1.35 bits per heavy atom. The molecule has 0 saturated carbocycles. The van der Waals surface area contributed by atoms with Crippen molar-refractivity contribution in [1.29, 1.82) is 0 Å². The van der Waals surface area contributed by atoms with Crippen LogP contribution in [0.25, 0.3) is 12.2 Å². The van der Waals surface area contributed by atoms with Gasteiger partial charge >= 0.3 is 0 Å². The first kappa shape index (κ1) is 15.4. The Kier molecular flexibility index (Phi) is 4.47. The van der Waals surface area contributed by atoms with Gasteiger partial charge in [0.25, 0.3) is 5.91 Å². The first-order valence-corrected chi connectivity index (χ1v) is 7.86. The molecule has 0 saturated heterocycles. The van der Waals surface area contributed by atoms with Crippen molar-refractivity contribution in [3.05, 3.63) is 33.8 Å². The average Bonchev–Trinajstić information content (AvgIpc) is 3.07. The third-order valence-electron chi connectivity index (χ3n) is 3.24. The molecule has 0 bridgehead atoms.